The molecule has 0 aliphatic carbocycles. The Hall–Kier alpha value is -1.14. The summed E-state index contributed by atoms with van der Waals surface area (Å²) in [7, 11) is 0. The van der Waals surface area contributed by atoms with Gasteiger partial charge in [-0.2, -0.15) is 0 Å². The Morgan fingerprint density at radius 3 is 2.81 bits per heavy atom. The lowest BCUT2D eigenvalue weighted by atomic mass is 10.2. The molecule has 0 atom stereocenters. The predicted octanol–water partition coefficient (Wildman–Crippen LogP) is 3.35. The van der Waals surface area contributed by atoms with E-state index in [1.807, 2.05) is 17.9 Å². The van der Waals surface area contributed by atoms with E-state index in [0.717, 1.165) is 36.8 Å². The van der Waals surface area contributed by atoms with Gasteiger partial charge in [-0.3, -0.25) is 10.1 Å². The fraction of sp³-hybridized carbons (Fsp3) is 0.467. The highest BCUT2D eigenvalue weighted by Gasteiger charge is 2.19. The molecule has 6 heteroatoms. The van der Waals surface area contributed by atoms with E-state index < -0.39 is 0 Å². The highest BCUT2D eigenvalue weighted by atomic mass is 79.9. The molecule has 1 amide bonds. The summed E-state index contributed by atoms with van der Waals surface area (Å²) < 4.78 is 6.47. The molecule has 1 N–H and O–H groups in total. The summed E-state index contributed by atoms with van der Waals surface area (Å²) in [4.78, 5) is 14.4. The topological polar surface area (TPSA) is 41.6 Å². The van der Waals surface area contributed by atoms with Crippen LogP contribution in [0.1, 0.15) is 36.5 Å². The Bertz CT molecular complexity index is 530. The van der Waals surface area contributed by atoms with Crippen molar-refractivity contribution in [1.82, 2.24) is 10.2 Å². The van der Waals surface area contributed by atoms with Crippen molar-refractivity contribution in [2.45, 2.75) is 26.2 Å². The zero-order valence-electron chi connectivity index (χ0n) is 12.0. The fourth-order valence-corrected chi connectivity index (χ4v) is 2.82. The molecular formula is C15H19BrN2O2S. The molecule has 1 aromatic rings. The fourth-order valence-electron chi connectivity index (χ4n) is 2.18. The van der Waals surface area contributed by atoms with Crippen molar-refractivity contribution in [1.29, 1.82) is 0 Å². The number of benzene rings is 1. The van der Waals surface area contributed by atoms with Crippen molar-refractivity contribution in [2.24, 2.45) is 0 Å². The monoisotopic (exact) mass is 370 g/mol. The maximum absolute atomic E-state index is 12.4. The Morgan fingerprint density at radius 1 is 1.43 bits per heavy atom. The number of likely N-dealkylation sites (tertiary alicyclic amines) is 1. The van der Waals surface area contributed by atoms with E-state index in [9.17, 15) is 4.79 Å². The molecule has 0 spiro atoms. The van der Waals surface area contributed by atoms with E-state index in [0.29, 0.717) is 23.0 Å². The quantitative estimate of drug-likeness (QED) is 0.825. The van der Waals surface area contributed by atoms with Crippen LogP contribution < -0.4 is 10.1 Å². The first-order valence-corrected chi connectivity index (χ1v) is 8.34. The lowest BCUT2D eigenvalue weighted by Gasteiger charge is -2.19. The maximum Gasteiger partial charge on any atom is 0.261 e. The average Bonchev–Trinajstić information content (AvgIpc) is 3.00. The van der Waals surface area contributed by atoms with Gasteiger partial charge in [-0.05, 0) is 49.7 Å². The molecule has 0 unspecified atom stereocenters. The van der Waals surface area contributed by atoms with Gasteiger partial charge in [0.05, 0.1) is 12.2 Å². The zero-order chi connectivity index (χ0) is 15.2. The molecule has 0 radical (unpaired) electrons. The van der Waals surface area contributed by atoms with Crippen LogP contribution in [-0.4, -0.2) is 35.6 Å². The number of amides is 1. The first-order chi connectivity index (χ1) is 10.1. The van der Waals surface area contributed by atoms with E-state index in [1.165, 1.54) is 0 Å². The number of rotatable bonds is 4. The lowest BCUT2D eigenvalue weighted by Crippen LogP contribution is -2.41. The Balaban J connectivity index is 2.09. The predicted molar refractivity (Wildman–Crippen MR) is 90.8 cm³/mol. The van der Waals surface area contributed by atoms with Gasteiger partial charge in [-0.1, -0.05) is 22.9 Å². The number of hydrogen-bond donors (Lipinski definition) is 1. The number of carbonyl (C=O) groups excluding carboxylic acids is 1. The van der Waals surface area contributed by atoms with Crippen LogP contribution in [0.4, 0.5) is 0 Å². The van der Waals surface area contributed by atoms with Gasteiger partial charge in [-0.15, -0.1) is 0 Å². The number of nitrogens with zero attached hydrogens (tertiary/aromatic N) is 1. The lowest BCUT2D eigenvalue weighted by molar-refractivity contribution is 0.0970. The van der Waals surface area contributed by atoms with Crippen molar-refractivity contribution in [2.75, 3.05) is 19.7 Å². The molecule has 114 valence electrons. The standard InChI is InChI=1S/C15H19BrN2O2S/c1-2-9-20-13-6-5-11(16)10-12(13)14(19)17-15(21)18-7-3-4-8-18/h5-6,10H,2-4,7-9H2,1H3,(H,17,19,21). The summed E-state index contributed by atoms with van der Waals surface area (Å²) in [5, 5.41) is 3.30. The molecular weight excluding hydrogens is 352 g/mol. The van der Waals surface area contributed by atoms with E-state index in [1.54, 1.807) is 12.1 Å². The van der Waals surface area contributed by atoms with Gasteiger partial charge >= 0.3 is 0 Å². The molecule has 21 heavy (non-hydrogen) atoms. The van der Waals surface area contributed by atoms with Crippen molar-refractivity contribution in [3.63, 3.8) is 0 Å². The van der Waals surface area contributed by atoms with Crippen molar-refractivity contribution in [3.05, 3.63) is 28.2 Å². The second-order valence-electron chi connectivity index (χ2n) is 4.94. The molecule has 4 nitrogen and oxygen atoms in total. The largest absolute Gasteiger partial charge is 0.493 e. The normalized spacial score (nSPS) is 14.1. The zero-order valence-corrected chi connectivity index (χ0v) is 14.4. The highest BCUT2D eigenvalue weighted by molar-refractivity contribution is 9.10. The molecule has 0 saturated carbocycles. The van der Waals surface area contributed by atoms with Crippen molar-refractivity contribution >= 4 is 39.2 Å². The molecule has 1 saturated heterocycles. The summed E-state index contributed by atoms with van der Waals surface area (Å²) in [6, 6.07) is 5.42. The first kappa shape index (κ1) is 16.2. The number of thiocarbonyl (C=S) groups is 1. The smallest absolute Gasteiger partial charge is 0.261 e. The van der Waals surface area contributed by atoms with Gasteiger partial charge in [0.25, 0.3) is 5.91 Å². The van der Waals surface area contributed by atoms with Crippen LogP contribution in [-0.2, 0) is 0 Å². The number of carbonyl (C=O) groups is 1. The molecule has 0 bridgehead atoms. The van der Waals surface area contributed by atoms with Crippen LogP contribution >= 0.6 is 28.1 Å². The Morgan fingerprint density at radius 2 is 2.14 bits per heavy atom. The van der Waals surface area contributed by atoms with Gasteiger partial charge in [0.1, 0.15) is 5.75 Å². The third-order valence-corrected chi connectivity index (χ3v) is 4.12. The minimum atomic E-state index is -0.223. The molecule has 0 aromatic heterocycles. The Kier molecular flexibility index (Phi) is 5.99. The van der Waals surface area contributed by atoms with E-state index in [-0.39, 0.29) is 5.91 Å². The average molecular weight is 371 g/mol. The molecule has 1 aromatic carbocycles. The second kappa shape index (κ2) is 7.75. The van der Waals surface area contributed by atoms with Crippen LogP contribution in [0.2, 0.25) is 0 Å². The molecule has 1 fully saturated rings. The summed E-state index contributed by atoms with van der Waals surface area (Å²) >= 11 is 8.68. The number of nitrogens with one attached hydrogen (secondary N) is 1. The van der Waals surface area contributed by atoms with Crippen LogP contribution in [0.15, 0.2) is 22.7 Å². The Labute approximate surface area is 139 Å². The number of hydrogen-bond acceptors (Lipinski definition) is 3. The highest BCUT2D eigenvalue weighted by Crippen LogP contribution is 2.23. The van der Waals surface area contributed by atoms with Crippen LogP contribution in [0.5, 0.6) is 5.75 Å². The van der Waals surface area contributed by atoms with Crippen LogP contribution in [0.3, 0.4) is 0 Å². The van der Waals surface area contributed by atoms with Gasteiger partial charge in [0.2, 0.25) is 0 Å². The summed E-state index contributed by atoms with van der Waals surface area (Å²) in [5.74, 6) is 0.362. The summed E-state index contributed by atoms with van der Waals surface area (Å²) in [6.07, 6.45) is 3.14. The number of ether oxygens (including phenoxy) is 1. The summed E-state index contributed by atoms with van der Waals surface area (Å²) in [6.45, 7) is 4.44. The third kappa shape index (κ3) is 4.41. The van der Waals surface area contributed by atoms with Gasteiger partial charge in [0.15, 0.2) is 5.11 Å². The molecule has 2 rings (SSSR count). The van der Waals surface area contributed by atoms with E-state index in [2.05, 4.69) is 21.2 Å². The van der Waals surface area contributed by atoms with Crippen molar-refractivity contribution in [3.8, 4) is 5.75 Å². The molecule has 1 heterocycles. The SMILES string of the molecule is CCCOc1ccc(Br)cc1C(=O)NC(=S)N1CCCC1. The first-order valence-electron chi connectivity index (χ1n) is 7.14. The third-order valence-electron chi connectivity index (χ3n) is 3.26. The minimum Gasteiger partial charge on any atom is -0.493 e. The van der Waals surface area contributed by atoms with Crippen LogP contribution in [0.25, 0.3) is 0 Å². The summed E-state index contributed by atoms with van der Waals surface area (Å²) in [5.41, 5.74) is 0.499. The molecule has 1 aliphatic heterocycles. The van der Waals surface area contributed by atoms with E-state index in [4.69, 9.17) is 17.0 Å². The molecule has 1 aliphatic rings. The van der Waals surface area contributed by atoms with Crippen molar-refractivity contribution < 1.29 is 9.53 Å². The van der Waals surface area contributed by atoms with Crippen LogP contribution in [0, 0.1) is 0 Å². The maximum atomic E-state index is 12.4. The van der Waals surface area contributed by atoms with Gasteiger partial charge in [-0.25, -0.2) is 0 Å². The van der Waals surface area contributed by atoms with E-state index >= 15 is 0 Å². The second-order valence-corrected chi connectivity index (χ2v) is 6.24. The van der Waals surface area contributed by atoms with Gasteiger partial charge in [0, 0.05) is 17.6 Å². The van der Waals surface area contributed by atoms with Gasteiger partial charge < -0.3 is 9.64 Å². The minimum absolute atomic E-state index is 0.223. The number of halogens is 1.